The predicted octanol–water partition coefficient (Wildman–Crippen LogP) is 0.628. The first-order chi connectivity index (χ1) is 16.2. The Labute approximate surface area is 201 Å². The van der Waals surface area contributed by atoms with Crippen LogP contribution in [-0.2, 0) is 4.74 Å². The summed E-state index contributed by atoms with van der Waals surface area (Å²) in [5.74, 6) is -1.22. The molecule has 1 saturated carbocycles. The van der Waals surface area contributed by atoms with Gasteiger partial charge >= 0.3 is 6.18 Å². The lowest BCUT2D eigenvalue weighted by Gasteiger charge is -2.49. The van der Waals surface area contributed by atoms with E-state index < -0.39 is 12.1 Å². The highest BCUT2D eigenvalue weighted by Crippen LogP contribution is 2.37. The molecule has 3 heterocycles. The normalized spacial score (nSPS) is 41.5. The van der Waals surface area contributed by atoms with Gasteiger partial charge in [0.1, 0.15) is 18.9 Å². The van der Waals surface area contributed by atoms with Gasteiger partial charge in [-0.25, -0.2) is 0 Å². The standard InChI is InChI=1S/C22H43F3N8O/c1-4-34-21-30-18(28-17-7-5-6-16(13-17)22(23,24)25)29-20(31-21)33-10-8-32(9-11-33)19-26-14(2)12-15(3)27-19/h14-21,26-31H,4-13H2,1-3H3. The molecule has 1 aliphatic carbocycles. The van der Waals surface area contributed by atoms with E-state index in [9.17, 15) is 13.2 Å². The maximum Gasteiger partial charge on any atom is 0.391 e. The van der Waals surface area contributed by atoms with Crippen molar-refractivity contribution in [3.05, 3.63) is 0 Å². The number of hydrogen-bond donors (Lipinski definition) is 6. The second-order valence-corrected chi connectivity index (χ2v) is 10.3. The molecule has 198 valence electrons. The van der Waals surface area contributed by atoms with Crippen molar-refractivity contribution < 1.29 is 17.9 Å². The van der Waals surface area contributed by atoms with E-state index in [0.29, 0.717) is 25.1 Å². The minimum Gasteiger partial charge on any atom is -0.350 e. The van der Waals surface area contributed by atoms with Gasteiger partial charge in [0.15, 0.2) is 6.35 Å². The molecule has 4 aliphatic rings. The van der Waals surface area contributed by atoms with Gasteiger partial charge in [-0.3, -0.25) is 41.7 Å². The first kappa shape index (κ1) is 26.5. The number of nitrogens with one attached hydrogen (secondary N) is 6. The molecule has 7 atom stereocenters. The lowest BCUT2D eigenvalue weighted by atomic mass is 9.85. The van der Waals surface area contributed by atoms with E-state index in [1.165, 1.54) is 0 Å². The molecule has 0 spiro atoms. The Kier molecular flexibility index (Phi) is 9.08. The summed E-state index contributed by atoms with van der Waals surface area (Å²) in [4.78, 5) is 4.78. The van der Waals surface area contributed by atoms with Crippen molar-refractivity contribution >= 4 is 0 Å². The van der Waals surface area contributed by atoms with Crippen molar-refractivity contribution in [1.82, 2.24) is 41.7 Å². The molecule has 4 rings (SSSR count). The Morgan fingerprint density at radius 2 is 1.47 bits per heavy atom. The summed E-state index contributed by atoms with van der Waals surface area (Å²) in [6.07, 6.45) is -1.96. The first-order valence-corrected chi connectivity index (χ1v) is 12.9. The SMILES string of the molecule is CCOC1NC(NC2CCCC(C(F)(F)F)C2)NC(N2CCN(C3NC(C)CC(C)N3)CC2)N1. The van der Waals surface area contributed by atoms with E-state index >= 15 is 0 Å². The zero-order chi connectivity index (χ0) is 24.3. The first-order valence-electron chi connectivity index (χ1n) is 12.9. The Morgan fingerprint density at radius 3 is 2.06 bits per heavy atom. The lowest BCUT2D eigenvalue weighted by molar-refractivity contribution is -0.184. The molecule has 0 aromatic heterocycles. The van der Waals surface area contributed by atoms with Gasteiger partial charge in [0.2, 0.25) is 0 Å². The molecule has 3 saturated heterocycles. The molecule has 9 nitrogen and oxygen atoms in total. The van der Waals surface area contributed by atoms with E-state index in [-0.39, 0.29) is 44.1 Å². The highest BCUT2D eigenvalue weighted by atomic mass is 19.4. The molecule has 4 fully saturated rings. The highest BCUT2D eigenvalue weighted by molar-refractivity contribution is 4.89. The van der Waals surface area contributed by atoms with Crippen LogP contribution >= 0.6 is 0 Å². The summed E-state index contributed by atoms with van der Waals surface area (Å²) in [5, 5.41) is 20.9. The van der Waals surface area contributed by atoms with Crippen LogP contribution < -0.4 is 31.9 Å². The van der Waals surface area contributed by atoms with Crippen LogP contribution in [0.2, 0.25) is 0 Å². The van der Waals surface area contributed by atoms with Crippen LogP contribution in [0.15, 0.2) is 0 Å². The number of rotatable bonds is 6. The number of hydrogen-bond acceptors (Lipinski definition) is 9. The average molecular weight is 493 g/mol. The monoisotopic (exact) mass is 492 g/mol. The molecule has 0 radical (unpaired) electrons. The van der Waals surface area contributed by atoms with Gasteiger partial charge in [0.25, 0.3) is 0 Å². The third-order valence-corrected chi connectivity index (χ3v) is 7.50. The summed E-state index contributed by atoms with van der Waals surface area (Å²) in [6, 6.07) is 0.792. The van der Waals surface area contributed by atoms with Crippen LogP contribution in [0.5, 0.6) is 0 Å². The molecular formula is C22H43F3N8O. The maximum atomic E-state index is 13.3. The highest BCUT2D eigenvalue weighted by Gasteiger charge is 2.43. The number of nitrogens with zero attached hydrogens (tertiary/aromatic N) is 2. The Hall–Kier alpha value is -0.570. The third kappa shape index (κ3) is 7.01. The molecule has 0 amide bonds. The fourth-order valence-electron chi connectivity index (χ4n) is 5.76. The van der Waals surface area contributed by atoms with Crippen LogP contribution in [-0.4, -0.2) is 92.1 Å². The van der Waals surface area contributed by atoms with Crippen molar-refractivity contribution in [2.24, 2.45) is 5.92 Å². The maximum absolute atomic E-state index is 13.3. The smallest absolute Gasteiger partial charge is 0.350 e. The van der Waals surface area contributed by atoms with Gasteiger partial charge in [-0.1, -0.05) is 6.42 Å². The molecule has 0 aromatic rings. The Balaban J connectivity index is 1.31. The molecule has 7 unspecified atom stereocenters. The van der Waals surface area contributed by atoms with E-state index in [1.54, 1.807) is 0 Å². The third-order valence-electron chi connectivity index (χ3n) is 7.50. The van der Waals surface area contributed by atoms with E-state index in [0.717, 1.165) is 39.0 Å². The Bertz CT molecular complexity index is 626. The predicted molar refractivity (Wildman–Crippen MR) is 124 cm³/mol. The average Bonchev–Trinajstić information content (AvgIpc) is 2.78. The lowest BCUT2D eigenvalue weighted by Crippen LogP contribution is -2.77. The number of alkyl halides is 3. The molecule has 0 bridgehead atoms. The van der Waals surface area contributed by atoms with Gasteiger partial charge in [-0.05, 0) is 46.5 Å². The van der Waals surface area contributed by atoms with Gasteiger partial charge < -0.3 is 4.74 Å². The van der Waals surface area contributed by atoms with Crippen molar-refractivity contribution in [2.45, 2.75) is 102 Å². The summed E-state index contributed by atoms with van der Waals surface area (Å²) in [7, 11) is 0. The topological polar surface area (TPSA) is 87.9 Å². The van der Waals surface area contributed by atoms with Crippen LogP contribution in [0.1, 0.15) is 52.9 Å². The zero-order valence-electron chi connectivity index (χ0n) is 20.6. The number of halogens is 3. The fourth-order valence-corrected chi connectivity index (χ4v) is 5.76. The minimum absolute atomic E-state index is 0.123. The number of piperazine rings is 1. The largest absolute Gasteiger partial charge is 0.391 e. The second-order valence-electron chi connectivity index (χ2n) is 10.3. The van der Waals surface area contributed by atoms with Crippen molar-refractivity contribution in [3.8, 4) is 0 Å². The molecule has 12 heteroatoms. The minimum atomic E-state index is -4.12. The molecule has 0 aromatic carbocycles. The number of ether oxygens (including phenoxy) is 1. The molecule has 6 N–H and O–H groups in total. The second kappa shape index (κ2) is 11.7. The zero-order valence-corrected chi connectivity index (χ0v) is 20.6. The van der Waals surface area contributed by atoms with Crippen molar-refractivity contribution in [1.29, 1.82) is 0 Å². The van der Waals surface area contributed by atoms with Crippen molar-refractivity contribution in [2.75, 3.05) is 32.8 Å². The van der Waals surface area contributed by atoms with Crippen LogP contribution in [0.4, 0.5) is 13.2 Å². The van der Waals surface area contributed by atoms with Crippen LogP contribution in [0, 0.1) is 5.92 Å². The van der Waals surface area contributed by atoms with Crippen LogP contribution in [0.3, 0.4) is 0 Å². The Morgan fingerprint density at radius 1 is 0.853 bits per heavy atom. The van der Waals surface area contributed by atoms with E-state index in [4.69, 9.17) is 4.74 Å². The van der Waals surface area contributed by atoms with Crippen molar-refractivity contribution in [3.63, 3.8) is 0 Å². The van der Waals surface area contributed by atoms with E-state index in [1.807, 2.05) is 6.92 Å². The summed E-state index contributed by atoms with van der Waals surface area (Å²) < 4.78 is 45.6. The van der Waals surface area contributed by atoms with Gasteiger partial charge in [-0.2, -0.15) is 13.2 Å². The quantitative estimate of drug-likeness (QED) is 0.320. The summed E-state index contributed by atoms with van der Waals surface area (Å²) in [5.41, 5.74) is 0. The van der Waals surface area contributed by atoms with E-state index in [2.05, 4.69) is 55.5 Å². The van der Waals surface area contributed by atoms with Crippen LogP contribution in [0.25, 0.3) is 0 Å². The summed E-state index contributed by atoms with van der Waals surface area (Å²) in [6.45, 7) is 10.5. The molecule has 3 aliphatic heterocycles. The van der Waals surface area contributed by atoms with Gasteiger partial charge in [-0.15, -0.1) is 0 Å². The molecule has 34 heavy (non-hydrogen) atoms. The van der Waals surface area contributed by atoms with Gasteiger partial charge in [0, 0.05) is 50.9 Å². The summed E-state index contributed by atoms with van der Waals surface area (Å²) >= 11 is 0. The fraction of sp³-hybridized carbons (Fsp3) is 1.00. The molecular weight excluding hydrogens is 449 g/mol. The van der Waals surface area contributed by atoms with Gasteiger partial charge in [0.05, 0.1) is 5.92 Å².